The molecule has 78 valence electrons. The Kier molecular flexibility index (Phi) is 3.82. The van der Waals surface area contributed by atoms with Crippen molar-refractivity contribution in [2.24, 2.45) is 17.3 Å². The van der Waals surface area contributed by atoms with E-state index in [1.807, 2.05) is 0 Å². The van der Waals surface area contributed by atoms with Gasteiger partial charge in [-0.25, -0.2) is 0 Å². The molecule has 1 nitrogen and oxygen atoms in total. The van der Waals surface area contributed by atoms with Crippen molar-refractivity contribution < 1.29 is 0 Å². The maximum atomic E-state index is 3.58. The zero-order chi connectivity index (χ0) is 10.1. The largest absolute Gasteiger partial charge is 0.302 e. The van der Waals surface area contributed by atoms with Crippen molar-refractivity contribution >= 4 is 15.9 Å². The summed E-state index contributed by atoms with van der Waals surface area (Å²) in [5.41, 5.74) is 0.420. The molecule has 0 radical (unpaired) electrons. The lowest BCUT2D eigenvalue weighted by Gasteiger charge is -2.28. The van der Waals surface area contributed by atoms with Crippen molar-refractivity contribution in [2.45, 2.75) is 27.7 Å². The summed E-state index contributed by atoms with van der Waals surface area (Å²) in [4.78, 5) is 2.61. The topological polar surface area (TPSA) is 3.24 Å². The highest BCUT2D eigenvalue weighted by Gasteiger charge is 2.29. The summed E-state index contributed by atoms with van der Waals surface area (Å²) < 4.78 is 0. The van der Waals surface area contributed by atoms with E-state index in [1.165, 1.54) is 19.6 Å². The summed E-state index contributed by atoms with van der Waals surface area (Å²) in [5, 5.41) is 1.10. The fourth-order valence-electron chi connectivity index (χ4n) is 2.03. The van der Waals surface area contributed by atoms with Gasteiger partial charge in [-0.2, -0.15) is 0 Å². The van der Waals surface area contributed by atoms with Crippen LogP contribution in [0.5, 0.6) is 0 Å². The highest BCUT2D eigenvalue weighted by Crippen LogP contribution is 2.27. The molecule has 0 bridgehead atoms. The molecular formula is C11H22BrN. The molecule has 0 aliphatic carbocycles. The molecule has 1 fully saturated rings. The molecule has 13 heavy (non-hydrogen) atoms. The number of rotatable bonds is 3. The Hall–Kier alpha value is 0.440. The molecule has 0 aromatic carbocycles. The van der Waals surface area contributed by atoms with Gasteiger partial charge in [-0.05, 0) is 17.3 Å². The lowest BCUT2D eigenvalue weighted by molar-refractivity contribution is 0.224. The molecule has 0 spiro atoms. The van der Waals surface area contributed by atoms with Gasteiger partial charge in [0.2, 0.25) is 0 Å². The molecule has 1 heterocycles. The molecular weight excluding hydrogens is 226 g/mol. The molecule has 2 heteroatoms. The second kappa shape index (κ2) is 4.31. The fourth-order valence-corrected chi connectivity index (χ4v) is 2.20. The van der Waals surface area contributed by atoms with Crippen LogP contribution in [0.15, 0.2) is 0 Å². The van der Waals surface area contributed by atoms with E-state index in [4.69, 9.17) is 0 Å². The Morgan fingerprint density at radius 1 is 1.23 bits per heavy atom. The maximum absolute atomic E-state index is 3.58. The van der Waals surface area contributed by atoms with E-state index in [9.17, 15) is 0 Å². The molecule has 0 N–H and O–H groups in total. The number of hydrogen-bond acceptors (Lipinski definition) is 1. The second-order valence-electron chi connectivity index (χ2n) is 5.45. The van der Waals surface area contributed by atoms with E-state index in [0.717, 1.165) is 17.2 Å². The van der Waals surface area contributed by atoms with E-state index in [0.29, 0.717) is 5.41 Å². The zero-order valence-corrected chi connectivity index (χ0v) is 10.9. The quantitative estimate of drug-likeness (QED) is 0.694. The molecule has 0 aromatic rings. The fraction of sp³-hybridized carbons (Fsp3) is 1.00. The summed E-state index contributed by atoms with van der Waals surface area (Å²) >= 11 is 3.58. The minimum Gasteiger partial charge on any atom is -0.302 e. The first-order chi connectivity index (χ1) is 5.94. The molecule has 0 aromatic heterocycles. The highest BCUT2D eigenvalue weighted by molar-refractivity contribution is 9.09. The number of hydrogen-bond donors (Lipinski definition) is 0. The van der Waals surface area contributed by atoms with Crippen LogP contribution in [0.25, 0.3) is 0 Å². The third-order valence-corrected chi connectivity index (χ3v) is 4.60. The minimum atomic E-state index is 0.420. The lowest BCUT2D eigenvalue weighted by atomic mass is 9.96. The monoisotopic (exact) mass is 247 g/mol. The second-order valence-corrected chi connectivity index (χ2v) is 6.01. The van der Waals surface area contributed by atoms with Crippen LogP contribution < -0.4 is 0 Å². The van der Waals surface area contributed by atoms with Crippen molar-refractivity contribution in [3.05, 3.63) is 0 Å². The SMILES string of the molecule is CC1CN(CC(C)(C)CBr)CC1C. The normalized spacial score (nSPS) is 31.2. The summed E-state index contributed by atoms with van der Waals surface area (Å²) in [6, 6.07) is 0. The van der Waals surface area contributed by atoms with Gasteiger partial charge in [-0.3, -0.25) is 0 Å². The van der Waals surface area contributed by atoms with E-state index in [-0.39, 0.29) is 0 Å². The van der Waals surface area contributed by atoms with Gasteiger partial charge < -0.3 is 4.90 Å². The first-order valence-electron chi connectivity index (χ1n) is 5.23. The summed E-state index contributed by atoms with van der Waals surface area (Å²) in [5.74, 6) is 1.76. The van der Waals surface area contributed by atoms with Crippen molar-refractivity contribution in [3.63, 3.8) is 0 Å². The van der Waals surface area contributed by atoms with Crippen LogP contribution in [-0.2, 0) is 0 Å². The summed E-state index contributed by atoms with van der Waals surface area (Å²) in [6.07, 6.45) is 0. The van der Waals surface area contributed by atoms with Gasteiger partial charge >= 0.3 is 0 Å². The third-order valence-electron chi connectivity index (χ3n) is 3.08. The van der Waals surface area contributed by atoms with E-state index in [2.05, 4.69) is 48.5 Å². The number of likely N-dealkylation sites (tertiary alicyclic amines) is 1. The first kappa shape index (κ1) is 11.5. The van der Waals surface area contributed by atoms with Gasteiger partial charge in [0.05, 0.1) is 0 Å². The average Bonchev–Trinajstić information content (AvgIpc) is 2.30. The lowest BCUT2D eigenvalue weighted by Crippen LogP contribution is -2.33. The molecule has 1 aliphatic rings. The van der Waals surface area contributed by atoms with E-state index < -0.39 is 0 Å². The molecule has 1 saturated heterocycles. The molecule has 1 rings (SSSR count). The van der Waals surface area contributed by atoms with Crippen LogP contribution in [0.1, 0.15) is 27.7 Å². The molecule has 0 saturated carbocycles. The number of halogens is 1. The average molecular weight is 248 g/mol. The predicted octanol–water partition coefficient (Wildman–Crippen LogP) is 3.00. The Bertz CT molecular complexity index is 157. The van der Waals surface area contributed by atoms with E-state index in [1.54, 1.807) is 0 Å². The minimum absolute atomic E-state index is 0.420. The molecule has 2 unspecified atom stereocenters. The van der Waals surface area contributed by atoms with Crippen molar-refractivity contribution in [2.75, 3.05) is 25.0 Å². The smallest absolute Gasteiger partial charge is 0.00949 e. The Morgan fingerprint density at radius 3 is 2.08 bits per heavy atom. The number of alkyl halides is 1. The molecule has 2 atom stereocenters. The van der Waals surface area contributed by atoms with Crippen LogP contribution in [0, 0.1) is 17.3 Å². The van der Waals surface area contributed by atoms with Crippen LogP contribution in [0.3, 0.4) is 0 Å². The Balaban J connectivity index is 2.40. The van der Waals surface area contributed by atoms with Gasteiger partial charge in [0.15, 0.2) is 0 Å². The van der Waals surface area contributed by atoms with Gasteiger partial charge in [0.25, 0.3) is 0 Å². The predicted molar refractivity (Wildman–Crippen MR) is 62.3 cm³/mol. The maximum Gasteiger partial charge on any atom is 0.00949 e. The van der Waals surface area contributed by atoms with Gasteiger partial charge in [-0.1, -0.05) is 43.6 Å². The van der Waals surface area contributed by atoms with Crippen LogP contribution in [-0.4, -0.2) is 29.9 Å². The molecule has 0 amide bonds. The van der Waals surface area contributed by atoms with Crippen molar-refractivity contribution in [3.8, 4) is 0 Å². The van der Waals surface area contributed by atoms with Crippen molar-refractivity contribution in [1.29, 1.82) is 0 Å². The van der Waals surface area contributed by atoms with Gasteiger partial charge in [0.1, 0.15) is 0 Å². The summed E-state index contributed by atoms with van der Waals surface area (Å²) in [6.45, 7) is 13.2. The highest BCUT2D eigenvalue weighted by atomic mass is 79.9. The Morgan fingerprint density at radius 2 is 1.69 bits per heavy atom. The zero-order valence-electron chi connectivity index (χ0n) is 9.31. The van der Waals surface area contributed by atoms with Crippen LogP contribution >= 0.6 is 15.9 Å². The van der Waals surface area contributed by atoms with Crippen LogP contribution in [0.2, 0.25) is 0 Å². The Labute approximate surface area is 91.0 Å². The van der Waals surface area contributed by atoms with E-state index >= 15 is 0 Å². The number of nitrogens with zero attached hydrogens (tertiary/aromatic N) is 1. The first-order valence-corrected chi connectivity index (χ1v) is 6.35. The third kappa shape index (κ3) is 3.25. The molecule has 1 aliphatic heterocycles. The van der Waals surface area contributed by atoms with Crippen molar-refractivity contribution in [1.82, 2.24) is 4.90 Å². The standard InChI is InChI=1S/C11H22BrN/c1-9-5-13(6-10(9)2)8-11(3,4)7-12/h9-10H,5-8H2,1-4H3. The summed E-state index contributed by atoms with van der Waals surface area (Å²) in [7, 11) is 0. The van der Waals surface area contributed by atoms with Crippen LogP contribution in [0.4, 0.5) is 0 Å². The van der Waals surface area contributed by atoms with Gasteiger partial charge in [-0.15, -0.1) is 0 Å². The van der Waals surface area contributed by atoms with Gasteiger partial charge in [0, 0.05) is 25.0 Å².